The lowest BCUT2D eigenvalue weighted by molar-refractivity contribution is 0.307. The number of benzene rings is 1. The molecule has 0 bridgehead atoms. The summed E-state index contributed by atoms with van der Waals surface area (Å²) in [7, 11) is 2.04. The van der Waals surface area contributed by atoms with Crippen molar-refractivity contribution in [3.05, 3.63) is 28.3 Å². The van der Waals surface area contributed by atoms with Gasteiger partial charge in [-0.3, -0.25) is 4.90 Å². The molecule has 2 aliphatic heterocycles. The molecule has 98 valence electrons. The summed E-state index contributed by atoms with van der Waals surface area (Å²) in [5, 5.41) is 4.18. The van der Waals surface area contributed by atoms with Gasteiger partial charge >= 0.3 is 0 Å². The van der Waals surface area contributed by atoms with E-state index >= 15 is 0 Å². The van der Waals surface area contributed by atoms with Gasteiger partial charge in [-0.1, -0.05) is 11.6 Å². The Morgan fingerprint density at radius 3 is 3.17 bits per heavy atom. The lowest BCUT2D eigenvalue weighted by Gasteiger charge is -2.18. The van der Waals surface area contributed by atoms with Crippen LogP contribution in [0.2, 0.25) is 5.02 Å². The van der Waals surface area contributed by atoms with Crippen LogP contribution in [-0.4, -0.2) is 37.7 Å². The van der Waals surface area contributed by atoms with Gasteiger partial charge in [0.1, 0.15) is 5.75 Å². The minimum atomic E-state index is 0.623. The van der Waals surface area contributed by atoms with Crippen LogP contribution in [0.15, 0.2) is 12.1 Å². The number of hydrogen-bond acceptors (Lipinski definition) is 3. The number of nitrogens with one attached hydrogen (secondary N) is 1. The number of ether oxygens (including phenoxy) is 1. The van der Waals surface area contributed by atoms with Crippen molar-refractivity contribution in [2.75, 3.05) is 26.7 Å². The number of fused-ring (bicyclic) bond motifs is 1. The maximum absolute atomic E-state index is 6.18. The summed E-state index contributed by atoms with van der Waals surface area (Å²) in [6.07, 6.45) is 2.21. The Bertz CT molecular complexity index is 450. The van der Waals surface area contributed by atoms with Gasteiger partial charge in [0.25, 0.3) is 0 Å². The van der Waals surface area contributed by atoms with Crippen molar-refractivity contribution in [1.29, 1.82) is 0 Å². The van der Waals surface area contributed by atoms with Crippen molar-refractivity contribution in [1.82, 2.24) is 10.2 Å². The zero-order chi connectivity index (χ0) is 12.5. The van der Waals surface area contributed by atoms with Crippen molar-refractivity contribution in [2.24, 2.45) is 0 Å². The highest BCUT2D eigenvalue weighted by atomic mass is 35.5. The normalized spacial score (nSPS) is 23.1. The van der Waals surface area contributed by atoms with Crippen molar-refractivity contribution in [3.8, 4) is 5.75 Å². The predicted octanol–water partition coefficient (Wildman–Crippen LogP) is 2.07. The minimum Gasteiger partial charge on any atom is -0.493 e. The maximum Gasteiger partial charge on any atom is 0.127 e. The zero-order valence-electron chi connectivity index (χ0n) is 10.7. The van der Waals surface area contributed by atoms with E-state index in [9.17, 15) is 0 Å². The highest BCUT2D eigenvalue weighted by Gasteiger charge is 2.24. The maximum atomic E-state index is 6.18. The van der Waals surface area contributed by atoms with Crippen molar-refractivity contribution in [3.63, 3.8) is 0 Å². The Hall–Kier alpha value is -0.770. The Balaban J connectivity index is 1.77. The van der Waals surface area contributed by atoms with E-state index in [4.69, 9.17) is 16.3 Å². The lowest BCUT2D eigenvalue weighted by Crippen LogP contribution is -2.29. The molecule has 0 spiro atoms. The number of nitrogens with zero attached hydrogens (tertiary/aromatic N) is 1. The van der Waals surface area contributed by atoms with Gasteiger partial charge in [0.15, 0.2) is 0 Å². The Labute approximate surface area is 113 Å². The van der Waals surface area contributed by atoms with E-state index in [0.29, 0.717) is 6.04 Å². The first-order valence-electron chi connectivity index (χ1n) is 6.60. The van der Waals surface area contributed by atoms with Gasteiger partial charge in [0, 0.05) is 42.7 Å². The van der Waals surface area contributed by atoms with Gasteiger partial charge < -0.3 is 10.1 Å². The summed E-state index contributed by atoms with van der Waals surface area (Å²) < 4.78 is 5.75. The average molecular weight is 267 g/mol. The van der Waals surface area contributed by atoms with Gasteiger partial charge in [-0.15, -0.1) is 0 Å². The number of likely N-dealkylation sites (tertiary alicyclic amines) is 1. The van der Waals surface area contributed by atoms with E-state index in [-0.39, 0.29) is 0 Å². The number of rotatable bonds is 3. The van der Waals surface area contributed by atoms with Gasteiger partial charge in [-0.05, 0) is 31.2 Å². The van der Waals surface area contributed by atoms with E-state index < -0.39 is 0 Å². The van der Waals surface area contributed by atoms with E-state index in [1.54, 1.807) is 0 Å². The summed E-state index contributed by atoms with van der Waals surface area (Å²) in [4.78, 5) is 2.47. The SMILES string of the molecule is CNC1CCN(Cc2cc(Cl)cc3c2OCC3)C1. The van der Waals surface area contributed by atoms with E-state index in [1.807, 2.05) is 13.1 Å². The molecule has 1 saturated heterocycles. The van der Waals surface area contributed by atoms with E-state index in [0.717, 1.165) is 43.4 Å². The molecule has 1 aromatic rings. The summed E-state index contributed by atoms with van der Waals surface area (Å²) in [5.41, 5.74) is 2.51. The largest absolute Gasteiger partial charge is 0.493 e. The molecule has 1 N–H and O–H groups in total. The average Bonchev–Trinajstić information content (AvgIpc) is 2.97. The zero-order valence-corrected chi connectivity index (χ0v) is 11.5. The van der Waals surface area contributed by atoms with E-state index in [2.05, 4.69) is 16.3 Å². The third kappa shape index (κ3) is 2.35. The molecule has 18 heavy (non-hydrogen) atoms. The highest BCUT2D eigenvalue weighted by molar-refractivity contribution is 6.30. The first-order chi connectivity index (χ1) is 8.76. The number of likely N-dealkylation sites (N-methyl/N-ethyl adjacent to an activating group) is 1. The molecule has 4 heteroatoms. The Morgan fingerprint density at radius 2 is 2.39 bits per heavy atom. The smallest absolute Gasteiger partial charge is 0.127 e. The van der Waals surface area contributed by atoms with Crippen LogP contribution in [0, 0.1) is 0 Å². The standard InChI is InChI=1S/C14H19ClN2O/c1-16-13-2-4-17(9-13)8-11-7-12(15)6-10-3-5-18-14(10)11/h6-7,13,16H,2-5,8-9H2,1H3. The third-order valence-corrected chi connectivity index (χ3v) is 4.12. The quantitative estimate of drug-likeness (QED) is 0.907. The van der Waals surface area contributed by atoms with Crippen LogP contribution >= 0.6 is 11.6 Å². The molecule has 3 rings (SSSR count). The monoisotopic (exact) mass is 266 g/mol. The molecule has 1 aromatic carbocycles. The lowest BCUT2D eigenvalue weighted by atomic mass is 10.1. The second-order valence-electron chi connectivity index (χ2n) is 5.16. The number of halogens is 1. The Morgan fingerprint density at radius 1 is 1.50 bits per heavy atom. The Kier molecular flexibility index (Phi) is 3.46. The van der Waals surface area contributed by atoms with Crippen LogP contribution in [0.3, 0.4) is 0 Å². The minimum absolute atomic E-state index is 0.623. The molecule has 0 aliphatic carbocycles. The molecule has 0 saturated carbocycles. The fourth-order valence-corrected chi connectivity index (χ4v) is 3.18. The molecule has 1 atom stereocenters. The van der Waals surface area contributed by atoms with Crippen LogP contribution in [-0.2, 0) is 13.0 Å². The fourth-order valence-electron chi connectivity index (χ4n) is 2.92. The summed E-state index contributed by atoms with van der Waals surface area (Å²) >= 11 is 6.18. The molecule has 0 radical (unpaired) electrons. The second kappa shape index (κ2) is 5.08. The second-order valence-corrected chi connectivity index (χ2v) is 5.60. The molecule has 1 fully saturated rings. The van der Waals surface area contributed by atoms with Gasteiger partial charge in [-0.2, -0.15) is 0 Å². The molecular weight excluding hydrogens is 248 g/mol. The molecule has 3 nitrogen and oxygen atoms in total. The molecule has 1 unspecified atom stereocenters. The van der Waals surface area contributed by atoms with Gasteiger partial charge in [-0.25, -0.2) is 0 Å². The summed E-state index contributed by atoms with van der Waals surface area (Å²) in [6, 6.07) is 4.71. The van der Waals surface area contributed by atoms with Crippen LogP contribution in [0.25, 0.3) is 0 Å². The molecular formula is C14H19ClN2O. The van der Waals surface area contributed by atoms with Gasteiger partial charge in [0.2, 0.25) is 0 Å². The highest BCUT2D eigenvalue weighted by Crippen LogP contribution is 2.34. The first kappa shape index (κ1) is 12.3. The molecule has 2 heterocycles. The van der Waals surface area contributed by atoms with Crippen molar-refractivity contribution < 1.29 is 4.74 Å². The van der Waals surface area contributed by atoms with Crippen LogP contribution in [0.1, 0.15) is 17.5 Å². The topological polar surface area (TPSA) is 24.5 Å². The van der Waals surface area contributed by atoms with Crippen LogP contribution in [0.5, 0.6) is 5.75 Å². The molecule has 0 amide bonds. The van der Waals surface area contributed by atoms with Gasteiger partial charge in [0.05, 0.1) is 6.61 Å². The number of hydrogen-bond donors (Lipinski definition) is 1. The first-order valence-corrected chi connectivity index (χ1v) is 6.98. The molecule has 0 aromatic heterocycles. The van der Waals surface area contributed by atoms with E-state index in [1.165, 1.54) is 17.5 Å². The predicted molar refractivity (Wildman–Crippen MR) is 73.4 cm³/mol. The van der Waals surface area contributed by atoms with Crippen LogP contribution < -0.4 is 10.1 Å². The van der Waals surface area contributed by atoms with Crippen LogP contribution in [0.4, 0.5) is 0 Å². The summed E-state index contributed by atoms with van der Waals surface area (Å²) in [5.74, 6) is 1.08. The third-order valence-electron chi connectivity index (χ3n) is 3.90. The molecule has 2 aliphatic rings. The van der Waals surface area contributed by atoms with Crippen molar-refractivity contribution in [2.45, 2.75) is 25.4 Å². The summed E-state index contributed by atoms with van der Waals surface area (Å²) in [6.45, 7) is 3.99. The fraction of sp³-hybridized carbons (Fsp3) is 0.571. The van der Waals surface area contributed by atoms with Crippen molar-refractivity contribution >= 4 is 11.6 Å².